The SMILES string of the molecule is CC(NC(=O)OCc1ccccc1)OC(C)NC(=O)OCc1ccccc1. The van der Waals surface area contributed by atoms with E-state index in [0.717, 1.165) is 11.1 Å². The van der Waals surface area contributed by atoms with Crippen LogP contribution in [0.5, 0.6) is 0 Å². The molecule has 0 spiro atoms. The van der Waals surface area contributed by atoms with Crippen LogP contribution in [0.4, 0.5) is 9.59 Å². The van der Waals surface area contributed by atoms with Crippen molar-refractivity contribution in [3.63, 3.8) is 0 Å². The fourth-order valence-electron chi connectivity index (χ4n) is 2.24. The maximum Gasteiger partial charge on any atom is 0.409 e. The summed E-state index contributed by atoms with van der Waals surface area (Å²) in [6.45, 7) is 3.60. The highest BCUT2D eigenvalue weighted by Crippen LogP contribution is 2.03. The average Bonchev–Trinajstić information content (AvgIpc) is 2.66. The van der Waals surface area contributed by atoms with E-state index in [4.69, 9.17) is 14.2 Å². The van der Waals surface area contributed by atoms with Gasteiger partial charge in [-0.3, -0.25) is 10.6 Å². The van der Waals surface area contributed by atoms with Crippen LogP contribution in [0.1, 0.15) is 25.0 Å². The molecule has 0 heterocycles. The molecule has 0 saturated carbocycles. The Morgan fingerprint density at radius 1 is 0.741 bits per heavy atom. The van der Waals surface area contributed by atoms with E-state index in [1.807, 2.05) is 60.7 Å². The summed E-state index contributed by atoms with van der Waals surface area (Å²) in [7, 11) is 0. The van der Waals surface area contributed by atoms with Crippen molar-refractivity contribution in [3.8, 4) is 0 Å². The van der Waals surface area contributed by atoms with Gasteiger partial charge >= 0.3 is 12.2 Å². The molecule has 2 amide bonds. The summed E-state index contributed by atoms with van der Waals surface area (Å²) in [5, 5.41) is 5.07. The lowest BCUT2D eigenvalue weighted by Gasteiger charge is -2.20. The number of benzene rings is 2. The van der Waals surface area contributed by atoms with Crippen molar-refractivity contribution in [2.45, 2.75) is 39.5 Å². The van der Waals surface area contributed by atoms with Gasteiger partial charge in [0, 0.05) is 0 Å². The molecule has 0 aromatic heterocycles. The van der Waals surface area contributed by atoms with Crippen molar-refractivity contribution in [1.82, 2.24) is 10.6 Å². The third kappa shape index (κ3) is 8.24. The lowest BCUT2D eigenvalue weighted by atomic mass is 10.2. The molecule has 0 fully saturated rings. The summed E-state index contributed by atoms with van der Waals surface area (Å²) in [5.74, 6) is 0. The topological polar surface area (TPSA) is 85.9 Å². The first kappa shape index (κ1) is 20.3. The maximum atomic E-state index is 11.8. The number of hydrogen-bond donors (Lipinski definition) is 2. The fraction of sp³-hybridized carbons (Fsp3) is 0.300. The molecular formula is C20H24N2O5. The van der Waals surface area contributed by atoms with E-state index in [0.29, 0.717) is 0 Å². The van der Waals surface area contributed by atoms with Crippen LogP contribution in [0.2, 0.25) is 0 Å². The van der Waals surface area contributed by atoms with Crippen molar-refractivity contribution in [2.24, 2.45) is 0 Å². The van der Waals surface area contributed by atoms with Crippen LogP contribution in [0.15, 0.2) is 60.7 Å². The zero-order chi connectivity index (χ0) is 19.5. The maximum absolute atomic E-state index is 11.8. The van der Waals surface area contributed by atoms with Gasteiger partial charge in [0.2, 0.25) is 0 Å². The van der Waals surface area contributed by atoms with Gasteiger partial charge in [0.15, 0.2) is 0 Å². The summed E-state index contributed by atoms with van der Waals surface area (Å²) >= 11 is 0. The third-order valence-electron chi connectivity index (χ3n) is 3.48. The zero-order valence-corrected chi connectivity index (χ0v) is 15.4. The minimum atomic E-state index is -0.655. The Labute approximate surface area is 158 Å². The Morgan fingerprint density at radius 2 is 1.11 bits per heavy atom. The molecule has 0 radical (unpaired) electrons. The average molecular weight is 372 g/mol. The van der Waals surface area contributed by atoms with Crippen molar-refractivity contribution >= 4 is 12.2 Å². The Hall–Kier alpha value is -3.06. The van der Waals surface area contributed by atoms with Crippen LogP contribution in [0.25, 0.3) is 0 Å². The number of amides is 2. The zero-order valence-electron chi connectivity index (χ0n) is 15.4. The smallest absolute Gasteiger partial charge is 0.409 e. The Kier molecular flexibility index (Phi) is 8.12. The summed E-state index contributed by atoms with van der Waals surface area (Å²) in [4.78, 5) is 23.5. The summed E-state index contributed by atoms with van der Waals surface area (Å²) in [6, 6.07) is 18.7. The van der Waals surface area contributed by atoms with Crippen LogP contribution in [-0.4, -0.2) is 24.6 Å². The number of alkyl carbamates (subject to hydrolysis) is 2. The van der Waals surface area contributed by atoms with E-state index >= 15 is 0 Å². The second-order valence-electron chi connectivity index (χ2n) is 5.83. The van der Waals surface area contributed by atoms with E-state index in [1.54, 1.807) is 13.8 Å². The van der Waals surface area contributed by atoms with Gasteiger partial charge in [-0.05, 0) is 25.0 Å². The van der Waals surface area contributed by atoms with E-state index in [2.05, 4.69) is 10.6 Å². The first-order valence-electron chi connectivity index (χ1n) is 8.63. The van der Waals surface area contributed by atoms with Crippen LogP contribution in [0, 0.1) is 0 Å². The minimum absolute atomic E-state index is 0.166. The van der Waals surface area contributed by atoms with E-state index in [-0.39, 0.29) is 13.2 Å². The van der Waals surface area contributed by atoms with E-state index in [9.17, 15) is 9.59 Å². The summed E-state index contributed by atoms with van der Waals surface area (Å²) in [5.41, 5.74) is 1.77. The second-order valence-corrected chi connectivity index (χ2v) is 5.83. The van der Waals surface area contributed by atoms with Gasteiger partial charge in [0.25, 0.3) is 0 Å². The van der Waals surface area contributed by atoms with Crippen LogP contribution >= 0.6 is 0 Å². The molecule has 2 aromatic rings. The summed E-state index contributed by atoms with van der Waals surface area (Å²) in [6.07, 6.45) is -2.52. The van der Waals surface area contributed by atoms with Gasteiger partial charge in [0.05, 0.1) is 0 Å². The highest BCUT2D eigenvalue weighted by Gasteiger charge is 2.14. The Morgan fingerprint density at radius 3 is 1.48 bits per heavy atom. The minimum Gasteiger partial charge on any atom is -0.445 e. The molecule has 0 bridgehead atoms. The first-order valence-corrected chi connectivity index (χ1v) is 8.63. The number of hydrogen-bond acceptors (Lipinski definition) is 5. The molecule has 0 saturated heterocycles. The van der Waals surface area contributed by atoms with Crippen LogP contribution < -0.4 is 10.6 Å². The van der Waals surface area contributed by atoms with Gasteiger partial charge in [-0.2, -0.15) is 0 Å². The molecule has 144 valence electrons. The second kappa shape index (κ2) is 10.8. The Bertz CT molecular complexity index is 647. The van der Waals surface area contributed by atoms with Crippen molar-refractivity contribution in [3.05, 3.63) is 71.8 Å². The van der Waals surface area contributed by atoms with Crippen molar-refractivity contribution in [2.75, 3.05) is 0 Å². The van der Waals surface area contributed by atoms with E-state index < -0.39 is 24.6 Å². The van der Waals surface area contributed by atoms with Crippen molar-refractivity contribution < 1.29 is 23.8 Å². The predicted octanol–water partition coefficient (Wildman–Crippen LogP) is 3.55. The predicted molar refractivity (Wildman–Crippen MR) is 99.5 cm³/mol. The van der Waals surface area contributed by atoms with Crippen LogP contribution in [0.3, 0.4) is 0 Å². The van der Waals surface area contributed by atoms with Gasteiger partial charge in [0.1, 0.15) is 25.7 Å². The quantitative estimate of drug-likeness (QED) is 0.692. The monoisotopic (exact) mass is 372 g/mol. The molecule has 0 aliphatic heterocycles. The molecule has 2 aromatic carbocycles. The molecule has 0 aliphatic rings. The molecule has 2 atom stereocenters. The van der Waals surface area contributed by atoms with Crippen LogP contribution in [-0.2, 0) is 27.4 Å². The Balaban J connectivity index is 1.63. The molecule has 0 aliphatic carbocycles. The summed E-state index contributed by atoms with van der Waals surface area (Å²) < 4.78 is 15.7. The fourth-order valence-corrected chi connectivity index (χ4v) is 2.24. The number of ether oxygens (including phenoxy) is 3. The van der Waals surface area contributed by atoms with Crippen molar-refractivity contribution in [1.29, 1.82) is 0 Å². The first-order chi connectivity index (χ1) is 13.0. The molecule has 2 rings (SSSR count). The highest BCUT2D eigenvalue weighted by molar-refractivity contribution is 5.68. The number of carbonyl (C=O) groups is 2. The van der Waals surface area contributed by atoms with Gasteiger partial charge in [-0.1, -0.05) is 60.7 Å². The van der Waals surface area contributed by atoms with E-state index in [1.165, 1.54) is 0 Å². The highest BCUT2D eigenvalue weighted by atomic mass is 16.6. The molecule has 7 nitrogen and oxygen atoms in total. The van der Waals surface area contributed by atoms with Gasteiger partial charge in [-0.15, -0.1) is 0 Å². The molecule has 2 unspecified atom stereocenters. The molecule has 27 heavy (non-hydrogen) atoms. The molecular weight excluding hydrogens is 348 g/mol. The largest absolute Gasteiger partial charge is 0.445 e. The molecule has 7 heteroatoms. The molecule has 2 N–H and O–H groups in total. The van der Waals surface area contributed by atoms with Gasteiger partial charge < -0.3 is 14.2 Å². The number of carbonyl (C=O) groups excluding carboxylic acids is 2. The lowest BCUT2D eigenvalue weighted by molar-refractivity contribution is -0.0258. The third-order valence-corrected chi connectivity index (χ3v) is 3.48. The standard InChI is InChI=1S/C20H24N2O5/c1-15(21-19(23)25-13-17-9-5-3-6-10-17)27-16(2)22-20(24)26-14-18-11-7-4-8-12-18/h3-12,15-16H,13-14H2,1-2H3,(H,21,23)(H,22,24). The lowest BCUT2D eigenvalue weighted by Crippen LogP contribution is -2.43. The normalized spacial score (nSPS) is 12.5. The number of nitrogens with one attached hydrogen (secondary N) is 2. The van der Waals surface area contributed by atoms with Gasteiger partial charge in [-0.25, -0.2) is 9.59 Å². The number of rotatable bonds is 8.